The van der Waals surface area contributed by atoms with Crippen LogP contribution in [-0.2, 0) is 0 Å². The van der Waals surface area contributed by atoms with Crippen molar-refractivity contribution in [3.05, 3.63) is 60.2 Å². The van der Waals surface area contributed by atoms with Crippen LogP contribution in [0.4, 0.5) is 0 Å². The molecule has 0 spiro atoms. The van der Waals surface area contributed by atoms with Gasteiger partial charge in [0.2, 0.25) is 0 Å². The lowest BCUT2D eigenvalue weighted by molar-refractivity contribution is 0.0924. The van der Waals surface area contributed by atoms with Gasteiger partial charge in [0.15, 0.2) is 5.78 Å². The number of rotatable bonds is 5. The Morgan fingerprint density at radius 1 is 1.00 bits per heavy atom. The molecule has 0 aromatic heterocycles. The lowest BCUT2D eigenvalue weighted by atomic mass is 9.90. The Kier molecular flexibility index (Phi) is 4.51. The molecule has 0 N–H and O–H groups in total. The zero-order valence-corrected chi connectivity index (χ0v) is 11.6. The monoisotopic (exact) mass is 252 g/mol. The summed E-state index contributed by atoms with van der Waals surface area (Å²) in [5.41, 5.74) is 2.99. The van der Waals surface area contributed by atoms with E-state index in [9.17, 15) is 4.79 Å². The number of benzene rings is 2. The number of hydrogen-bond acceptors (Lipinski definition) is 1. The minimum Gasteiger partial charge on any atom is -0.294 e. The quantitative estimate of drug-likeness (QED) is 0.686. The first-order valence-electron chi connectivity index (χ1n) is 6.92. The van der Waals surface area contributed by atoms with Gasteiger partial charge < -0.3 is 0 Å². The second-order valence-corrected chi connectivity index (χ2v) is 4.97. The second kappa shape index (κ2) is 6.33. The second-order valence-electron chi connectivity index (χ2n) is 4.97. The molecule has 0 aliphatic heterocycles. The summed E-state index contributed by atoms with van der Waals surface area (Å²) >= 11 is 0. The van der Waals surface area contributed by atoms with Gasteiger partial charge in [-0.3, -0.25) is 4.79 Å². The molecule has 0 bridgehead atoms. The van der Waals surface area contributed by atoms with Crippen LogP contribution < -0.4 is 0 Å². The van der Waals surface area contributed by atoms with Crippen molar-refractivity contribution in [2.45, 2.75) is 26.7 Å². The topological polar surface area (TPSA) is 17.1 Å². The highest BCUT2D eigenvalue weighted by molar-refractivity contribution is 6.03. The van der Waals surface area contributed by atoms with E-state index in [1.165, 1.54) is 0 Å². The molecule has 1 nitrogen and oxygen atoms in total. The standard InChI is InChI=1S/C18H20O/c1-3-9-14(2)18(19)17-13-8-7-12-16(17)15-10-5-4-6-11-15/h4-8,10-14H,3,9H2,1-2H3. The summed E-state index contributed by atoms with van der Waals surface area (Å²) in [5, 5.41) is 0. The third-order valence-corrected chi connectivity index (χ3v) is 3.45. The van der Waals surface area contributed by atoms with E-state index in [1.807, 2.05) is 49.4 Å². The first-order valence-corrected chi connectivity index (χ1v) is 6.92. The van der Waals surface area contributed by atoms with Crippen molar-refractivity contribution < 1.29 is 4.79 Å². The molecule has 0 saturated heterocycles. The van der Waals surface area contributed by atoms with E-state index in [0.717, 1.165) is 29.5 Å². The molecule has 0 aliphatic carbocycles. The summed E-state index contributed by atoms with van der Waals surface area (Å²) < 4.78 is 0. The molecule has 0 fully saturated rings. The Labute approximate surface area is 115 Å². The maximum atomic E-state index is 12.5. The van der Waals surface area contributed by atoms with Gasteiger partial charge in [0.1, 0.15) is 0 Å². The average molecular weight is 252 g/mol. The molecule has 0 heterocycles. The van der Waals surface area contributed by atoms with E-state index in [2.05, 4.69) is 19.1 Å². The zero-order chi connectivity index (χ0) is 13.7. The van der Waals surface area contributed by atoms with E-state index in [4.69, 9.17) is 0 Å². The summed E-state index contributed by atoms with van der Waals surface area (Å²) in [7, 11) is 0. The molecule has 2 aromatic rings. The highest BCUT2D eigenvalue weighted by Crippen LogP contribution is 2.26. The molecule has 1 heteroatoms. The molecule has 0 saturated carbocycles. The van der Waals surface area contributed by atoms with Gasteiger partial charge >= 0.3 is 0 Å². The molecule has 1 atom stereocenters. The number of hydrogen-bond donors (Lipinski definition) is 0. The summed E-state index contributed by atoms with van der Waals surface area (Å²) in [6.45, 7) is 4.14. The predicted molar refractivity (Wildman–Crippen MR) is 80.3 cm³/mol. The number of Topliss-reactive ketones (excluding diaryl/α,β-unsaturated/α-hetero) is 1. The van der Waals surface area contributed by atoms with E-state index in [0.29, 0.717) is 0 Å². The van der Waals surface area contributed by atoms with Crippen LogP contribution in [-0.4, -0.2) is 5.78 Å². The summed E-state index contributed by atoms with van der Waals surface area (Å²) in [5.74, 6) is 0.344. The van der Waals surface area contributed by atoms with Crippen LogP contribution >= 0.6 is 0 Å². The van der Waals surface area contributed by atoms with Crippen molar-refractivity contribution in [3.63, 3.8) is 0 Å². The minimum atomic E-state index is 0.0925. The van der Waals surface area contributed by atoms with E-state index < -0.39 is 0 Å². The molecule has 19 heavy (non-hydrogen) atoms. The van der Waals surface area contributed by atoms with Gasteiger partial charge in [-0.25, -0.2) is 0 Å². The lowest BCUT2D eigenvalue weighted by Crippen LogP contribution is -2.12. The van der Waals surface area contributed by atoms with Crippen LogP contribution in [0.25, 0.3) is 11.1 Å². The van der Waals surface area contributed by atoms with Crippen molar-refractivity contribution >= 4 is 5.78 Å². The van der Waals surface area contributed by atoms with Crippen LogP contribution in [0, 0.1) is 5.92 Å². The number of carbonyl (C=O) groups is 1. The fourth-order valence-electron chi connectivity index (χ4n) is 2.40. The van der Waals surface area contributed by atoms with Crippen molar-refractivity contribution in [1.29, 1.82) is 0 Å². The van der Waals surface area contributed by atoms with Crippen LogP contribution in [0.15, 0.2) is 54.6 Å². The van der Waals surface area contributed by atoms with Crippen LogP contribution in [0.5, 0.6) is 0 Å². The first kappa shape index (κ1) is 13.5. The fraction of sp³-hybridized carbons (Fsp3) is 0.278. The van der Waals surface area contributed by atoms with Crippen LogP contribution in [0.2, 0.25) is 0 Å². The third-order valence-electron chi connectivity index (χ3n) is 3.45. The van der Waals surface area contributed by atoms with Crippen LogP contribution in [0.3, 0.4) is 0 Å². The molecular weight excluding hydrogens is 232 g/mol. The highest BCUT2D eigenvalue weighted by Gasteiger charge is 2.17. The molecule has 0 aliphatic rings. The molecular formula is C18H20O. The number of ketones is 1. The predicted octanol–water partition coefficient (Wildman–Crippen LogP) is 4.97. The Hall–Kier alpha value is -1.89. The van der Waals surface area contributed by atoms with Gasteiger partial charge in [0, 0.05) is 11.5 Å². The van der Waals surface area contributed by atoms with E-state index >= 15 is 0 Å². The molecule has 2 rings (SSSR count). The summed E-state index contributed by atoms with van der Waals surface area (Å²) in [4.78, 5) is 12.5. The van der Waals surface area contributed by atoms with E-state index in [-0.39, 0.29) is 11.7 Å². The fourth-order valence-corrected chi connectivity index (χ4v) is 2.40. The van der Waals surface area contributed by atoms with Crippen LogP contribution in [0.1, 0.15) is 37.0 Å². The van der Waals surface area contributed by atoms with Gasteiger partial charge in [-0.15, -0.1) is 0 Å². The number of carbonyl (C=O) groups excluding carboxylic acids is 1. The maximum Gasteiger partial charge on any atom is 0.166 e. The molecule has 98 valence electrons. The molecule has 0 amide bonds. The molecule has 2 aromatic carbocycles. The SMILES string of the molecule is CCCC(C)C(=O)c1ccccc1-c1ccccc1. The Morgan fingerprint density at radius 2 is 1.63 bits per heavy atom. The Balaban J connectivity index is 2.40. The molecule has 1 unspecified atom stereocenters. The smallest absolute Gasteiger partial charge is 0.166 e. The largest absolute Gasteiger partial charge is 0.294 e. The van der Waals surface area contributed by atoms with Gasteiger partial charge in [0.05, 0.1) is 0 Å². The van der Waals surface area contributed by atoms with Crippen molar-refractivity contribution in [3.8, 4) is 11.1 Å². The Bertz CT molecular complexity index is 543. The van der Waals surface area contributed by atoms with E-state index in [1.54, 1.807) is 0 Å². The van der Waals surface area contributed by atoms with Crippen molar-refractivity contribution in [1.82, 2.24) is 0 Å². The third kappa shape index (κ3) is 3.11. The van der Waals surface area contributed by atoms with Gasteiger partial charge in [-0.05, 0) is 17.5 Å². The summed E-state index contributed by atoms with van der Waals surface area (Å²) in [6.07, 6.45) is 1.99. The molecule has 0 radical (unpaired) electrons. The van der Waals surface area contributed by atoms with Gasteiger partial charge in [-0.2, -0.15) is 0 Å². The first-order chi connectivity index (χ1) is 9.24. The van der Waals surface area contributed by atoms with Gasteiger partial charge in [-0.1, -0.05) is 74.9 Å². The lowest BCUT2D eigenvalue weighted by Gasteiger charge is -2.13. The Morgan fingerprint density at radius 3 is 2.32 bits per heavy atom. The zero-order valence-electron chi connectivity index (χ0n) is 11.6. The van der Waals surface area contributed by atoms with Gasteiger partial charge in [0.25, 0.3) is 0 Å². The summed E-state index contributed by atoms with van der Waals surface area (Å²) in [6, 6.07) is 18.0. The maximum absolute atomic E-state index is 12.5. The van der Waals surface area contributed by atoms with Crippen molar-refractivity contribution in [2.75, 3.05) is 0 Å². The normalized spacial score (nSPS) is 12.1. The minimum absolute atomic E-state index is 0.0925. The highest BCUT2D eigenvalue weighted by atomic mass is 16.1. The van der Waals surface area contributed by atoms with Crippen molar-refractivity contribution in [2.24, 2.45) is 5.92 Å². The average Bonchev–Trinajstić information content (AvgIpc) is 2.47.